The summed E-state index contributed by atoms with van der Waals surface area (Å²) in [5.74, 6) is 0.0192. The third kappa shape index (κ3) is 5.08. The van der Waals surface area contributed by atoms with Crippen LogP contribution in [0.25, 0.3) is 10.2 Å². The molecule has 0 N–H and O–H groups in total. The molecular weight excluding hydrogens is 433 g/mol. The van der Waals surface area contributed by atoms with Gasteiger partial charge in [-0.1, -0.05) is 11.3 Å². The van der Waals surface area contributed by atoms with Gasteiger partial charge in [0, 0.05) is 18.2 Å². The van der Waals surface area contributed by atoms with Gasteiger partial charge in [-0.25, -0.2) is 4.98 Å². The van der Waals surface area contributed by atoms with Gasteiger partial charge >= 0.3 is 6.36 Å². The summed E-state index contributed by atoms with van der Waals surface area (Å²) in [4.78, 5) is 19.3. The Kier molecular flexibility index (Phi) is 6.01. The molecule has 2 heterocycles. The number of thiazole rings is 1. The highest BCUT2D eigenvalue weighted by molar-refractivity contribution is 7.22. The van der Waals surface area contributed by atoms with Gasteiger partial charge in [0.2, 0.25) is 0 Å². The summed E-state index contributed by atoms with van der Waals surface area (Å²) in [6.07, 6.45) is -3.18. The van der Waals surface area contributed by atoms with Gasteiger partial charge in [-0.2, -0.15) is 0 Å². The van der Waals surface area contributed by atoms with Crippen molar-refractivity contribution in [3.05, 3.63) is 48.0 Å². The van der Waals surface area contributed by atoms with Crippen LogP contribution in [-0.4, -0.2) is 43.6 Å². The maximum atomic E-state index is 13.3. The fraction of sp³-hybridized carbons (Fsp3) is 0.333. The lowest BCUT2D eigenvalue weighted by Crippen LogP contribution is -2.37. The van der Waals surface area contributed by atoms with E-state index in [0.29, 0.717) is 39.8 Å². The molecule has 6 nitrogen and oxygen atoms in total. The molecule has 10 heteroatoms. The number of hydrogen-bond acceptors (Lipinski definition) is 6. The van der Waals surface area contributed by atoms with Gasteiger partial charge in [0.1, 0.15) is 11.5 Å². The lowest BCUT2D eigenvalue weighted by atomic mass is 10.1. The Morgan fingerprint density at radius 1 is 1.23 bits per heavy atom. The van der Waals surface area contributed by atoms with Crippen LogP contribution in [0.2, 0.25) is 0 Å². The Morgan fingerprint density at radius 3 is 2.61 bits per heavy atom. The van der Waals surface area contributed by atoms with E-state index in [1.807, 2.05) is 0 Å². The van der Waals surface area contributed by atoms with Crippen molar-refractivity contribution in [3.63, 3.8) is 0 Å². The van der Waals surface area contributed by atoms with Crippen LogP contribution in [0, 0.1) is 0 Å². The number of methoxy groups -OCH3 is 1. The van der Waals surface area contributed by atoms with E-state index >= 15 is 0 Å². The van der Waals surface area contributed by atoms with E-state index in [1.54, 1.807) is 31.4 Å². The highest BCUT2D eigenvalue weighted by atomic mass is 32.1. The van der Waals surface area contributed by atoms with Crippen molar-refractivity contribution in [2.45, 2.75) is 25.3 Å². The third-order valence-electron chi connectivity index (χ3n) is 4.81. The largest absolute Gasteiger partial charge is 0.573 e. The SMILES string of the molecule is COc1ccc(C(=O)N(CC2CCCO2)c2nc3ccc(OC(F)(F)F)cc3s2)cc1. The highest BCUT2D eigenvalue weighted by Crippen LogP contribution is 2.34. The zero-order valence-corrected chi connectivity index (χ0v) is 17.3. The number of halogens is 3. The van der Waals surface area contributed by atoms with Gasteiger partial charge in [0.15, 0.2) is 5.13 Å². The second-order valence-corrected chi connectivity index (χ2v) is 7.96. The molecule has 1 saturated heterocycles. The van der Waals surface area contributed by atoms with Gasteiger partial charge in [0.25, 0.3) is 5.91 Å². The molecule has 1 atom stereocenters. The molecule has 4 rings (SSSR count). The molecule has 164 valence electrons. The van der Waals surface area contributed by atoms with Crippen molar-refractivity contribution in [3.8, 4) is 11.5 Å². The quantitative estimate of drug-likeness (QED) is 0.525. The topological polar surface area (TPSA) is 60.9 Å². The van der Waals surface area contributed by atoms with E-state index in [0.717, 1.165) is 24.2 Å². The number of nitrogens with zero attached hydrogens (tertiary/aromatic N) is 2. The van der Waals surface area contributed by atoms with Gasteiger partial charge in [-0.05, 0) is 49.2 Å². The predicted molar refractivity (Wildman–Crippen MR) is 110 cm³/mol. The minimum atomic E-state index is -4.78. The minimum absolute atomic E-state index is 0.127. The molecule has 31 heavy (non-hydrogen) atoms. The number of alkyl halides is 3. The summed E-state index contributed by atoms with van der Waals surface area (Å²) >= 11 is 1.13. The van der Waals surface area contributed by atoms with Gasteiger partial charge < -0.3 is 14.2 Å². The number of rotatable bonds is 6. The van der Waals surface area contributed by atoms with Crippen LogP contribution < -0.4 is 14.4 Å². The average Bonchev–Trinajstić information content (AvgIpc) is 3.39. The van der Waals surface area contributed by atoms with Crippen LogP contribution in [0.3, 0.4) is 0 Å². The molecule has 0 radical (unpaired) electrons. The van der Waals surface area contributed by atoms with E-state index in [9.17, 15) is 18.0 Å². The van der Waals surface area contributed by atoms with Crippen molar-refractivity contribution >= 4 is 32.6 Å². The maximum Gasteiger partial charge on any atom is 0.573 e. The number of ether oxygens (including phenoxy) is 3. The number of benzene rings is 2. The zero-order valence-electron chi connectivity index (χ0n) is 16.5. The number of carbonyl (C=O) groups is 1. The molecule has 1 unspecified atom stereocenters. The summed E-state index contributed by atoms with van der Waals surface area (Å²) in [6, 6.07) is 10.6. The maximum absolute atomic E-state index is 13.3. The number of anilines is 1. The van der Waals surface area contributed by atoms with Gasteiger partial charge in [-0.15, -0.1) is 13.2 Å². The molecule has 0 bridgehead atoms. The lowest BCUT2D eigenvalue weighted by molar-refractivity contribution is -0.274. The van der Waals surface area contributed by atoms with Crippen molar-refractivity contribution in [2.24, 2.45) is 0 Å². The molecule has 1 aliphatic rings. The summed E-state index contributed by atoms with van der Waals surface area (Å²) in [6.45, 7) is 0.934. The van der Waals surface area contributed by atoms with Crippen LogP contribution in [0.5, 0.6) is 11.5 Å². The second kappa shape index (κ2) is 8.72. The Bertz CT molecular complexity index is 1060. The third-order valence-corrected chi connectivity index (χ3v) is 5.85. The van der Waals surface area contributed by atoms with Crippen molar-refractivity contribution in [1.29, 1.82) is 0 Å². The van der Waals surface area contributed by atoms with Crippen molar-refractivity contribution in [1.82, 2.24) is 4.98 Å². The molecule has 3 aromatic rings. The van der Waals surface area contributed by atoms with E-state index in [1.165, 1.54) is 23.1 Å². The molecule has 0 saturated carbocycles. The van der Waals surface area contributed by atoms with Crippen LogP contribution in [0.15, 0.2) is 42.5 Å². The molecule has 1 amide bonds. The summed E-state index contributed by atoms with van der Waals surface area (Å²) in [5, 5.41) is 0.385. The van der Waals surface area contributed by atoms with E-state index in [2.05, 4.69) is 9.72 Å². The van der Waals surface area contributed by atoms with Crippen LogP contribution in [-0.2, 0) is 4.74 Å². The van der Waals surface area contributed by atoms with Crippen LogP contribution in [0.4, 0.5) is 18.3 Å². The van der Waals surface area contributed by atoms with E-state index in [4.69, 9.17) is 9.47 Å². The molecule has 1 aliphatic heterocycles. The molecule has 1 aromatic heterocycles. The number of amides is 1. The number of hydrogen-bond donors (Lipinski definition) is 0. The Morgan fingerprint density at radius 2 is 1.97 bits per heavy atom. The first-order valence-electron chi connectivity index (χ1n) is 9.56. The normalized spacial score (nSPS) is 16.5. The Hall–Kier alpha value is -2.85. The smallest absolute Gasteiger partial charge is 0.497 e. The van der Waals surface area contributed by atoms with Gasteiger partial charge in [0.05, 0.1) is 30.0 Å². The van der Waals surface area contributed by atoms with Crippen LogP contribution >= 0.6 is 11.3 Å². The predicted octanol–water partition coefficient (Wildman–Crippen LogP) is 5.03. The first-order valence-corrected chi connectivity index (χ1v) is 10.4. The Balaban J connectivity index is 1.66. The fourth-order valence-electron chi connectivity index (χ4n) is 3.33. The van der Waals surface area contributed by atoms with Crippen molar-refractivity contribution < 1.29 is 32.2 Å². The first-order chi connectivity index (χ1) is 14.8. The van der Waals surface area contributed by atoms with E-state index < -0.39 is 6.36 Å². The number of aromatic nitrogens is 1. The lowest BCUT2D eigenvalue weighted by Gasteiger charge is -2.23. The molecule has 1 fully saturated rings. The van der Waals surface area contributed by atoms with E-state index in [-0.39, 0.29) is 17.8 Å². The van der Waals surface area contributed by atoms with Gasteiger partial charge in [-0.3, -0.25) is 9.69 Å². The zero-order chi connectivity index (χ0) is 22.0. The summed E-state index contributed by atoms with van der Waals surface area (Å²) in [5.41, 5.74) is 0.925. The molecule has 0 spiro atoms. The second-order valence-electron chi connectivity index (χ2n) is 6.95. The standard InChI is InChI=1S/C21H19F3N2O4S/c1-28-14-6-4-13(5-7-14)19(27)26(12-16-3-2-10-29-16)20-25-17-9-8-15(11-18(17)31-20)30-21(22,23)24/h4-9,11,16H,2-3,10,12H2,1H3. The first kappa shape index (κ1) is 21.4. The average molecular weight is 452 g/mol. The Labute approximate surface area is 180 Å². The molecular formula is C21H19F3N2O4S. The molecule has 2 aromatic carbocycles. The summed E-state index contributed by atoms with van der Waals surface area (Å²) in [7, 11) is 1.54. The van der Waals surface area contributed by atoms with Crippen LogP contribution in [0.1, 0.15) is 23.2 Å². The fourth-order valence-corrected chi connectivity index (χ4v) is 4.34. The number of carbonyl (C=O) groups excluding carboxylic acids is 1. The molecule has 0 aliphatic carbocycles. The minimum Gasteiger partial charge on any atom is -0.497 e. The highest BCUT2D eigenvalue weighted by Gasteiger charge is 2.31. The monoisotopic (exact) mass is 452 g/mol. The number of fused-ring (bicyclic) bond motifs is 1. The van der Waals surface area contributed by atoms with Crippen molar-refractivity contribution in [2.75, 3.05) is 25.2 Å². The summed E-state index contributed by atoms with van der Waals surface area (Å²) < 4.78 is 52.9.